The van der Waals surface area contributed by atoms with Crippen molar-refractivity contribution in [3.05, 3.63) is 0 Å². The zero-order valence-electron chi connectivity index (χ0n) is 34.6. The number of hydrogen-bond donors (Lipinski definition) is 0. The maximum absolute atomic E-state index is 4.69. The number of unbranched alkanes of at least 4 members (excludes halogenated alkanes) is 38. The summed E-state index contributed by atoms with van der Waals surface area (Å²) >= 11 is 0. The van der Waals surface area contributed by atoms with Gasteiger partial charge in [0.2, 0.25) is 0 Å². The first kappa shape index (κ1) is 46.7. The lowest BCUT2D eigenvalue weighted by Gasteiger charge is -2.30. The van der Waals surface area contributed by atoms with Gasteiger partial charge in [-0.25, -0.2) is 4.99 Å². The third-order valence-electron chi connectivity index (χ3n) is 11.9. The van der Waals surface area contributed by atoms with Crippen LogP contribution in [-0.4, -0.2) is 37.0 Å². The Morgan fingerprint density at radius 2 is 0.510 bits per heavy atom. The van der Waals surface area contributed by atoms with E-state index in [-0.39, 0.29) is 0 Å². The quantitative estimate of drug-likeness (QED) is 0.0447. The molecule has 2 heteroatoms. The predicted molar refractivity (Wildman–Crippen MR) is 224 cm³/mol. The highest BCUT2D eigenvalue weighted by molar-refractivity contribution is 5.48. The normalized spacial score (nSPS) is 14.0. The highest BCUT2D eigenvalue weighted by Crippen LogP contribution is 2.19. The van der Waals surface area contributed by atoms with Gasteiger partial charge in [0.05, 0.1) is 19.6 Å². The van der Waals surface area contributed by atoms with E-state index in [1.54, 1.807) is 0 Å². The Balaban J connectivity index is 1.80. The molecule has 0 unspecified atom stereocenters. The molecule has 0 bridgehead atoms. The van der Waals surface area contributed by atoms with Crippen LogP contribution in [0.3, 0.4) is 0 Å². The van der Waals surface area contributed by atoms with Gasteiger partial charge < -0.3 is 0 Å². The summed E-state index contributed by atoms with van der Waals surface area (Å²) in [4.78, 5) is 4.69. The van der Waals surface area contributed by atoms with Crippen molar-refractivity contribution < 1.29 is 4.48 Å². The molecule has 0 amide bonds. The lowest BCUT2D eigenvalue weighted by molar-refractivity contribution is -0.829. The van der Waals surface area contributed by atoms with Gasteiger partial charge in [-0.3, -0.25) is 4.48 Å². The van der Waals surface area contributed by atoms with E-state index in [1.165, 1.54) is 281 Å². The molecule has 0 saturated carbocycles. The molecule has 2 nitrogen and oxygen atoms in total. The second kappa shape index (κ2) is 38.9. The van der Waals surface area contributed by atoms with Crippen molar-refractivity contribution in [2.75, 3.05) is 26.2 Å². The zero-order chi connectivity index (χ0) is 35.0. The Kier molecular flexibility index (Phi) is 37.0. The van der Waals surface area contributed by atoms with Gasteiger partial charge in [-0.1, -0.05) is 245 Å². The third kappa shape index (κ3) is 33.2. The van der Waals surface area contributed by atoms with Crippen LogP contribution in [-0.2, 0) is 0 Å². The summed E-state index contributed by atoms with van der Waals surface area (Å²) in [5.41, 5.74) is 0. The van der Waals surface area contributed by atoms with Crippen LogP contribution in [0.2, 0.25) is 0 Å². The minimum atomic E-state index is 1.07. The summed E-state index contributed by atoms with van der Waals surface area (Å²) < 4.78 is 1.21. The lowest BCUT2D eigenvalue weighted by atomic mass is 10.0. The summed E-state index contributed by atoms with van der Waals surface area (Å²) in [6, 6.07) is 0. The summed E-state index contributed by atoms with van der Waals surface area (Å²) in [5.74, 6) is 0. The van der Waals surface area contributed by atoms with E-state index < -0.39 is 0 Å². The predicted octanol–water partition coefficient (Wildman–Crippen LogP) is 16.5. The highest BCUT2D eigenvalue weighted by Gasteiger charge is 2.28. The first-order valence-electron chi connectivity index (χ1n) is 23.7. The number of hydrogen-bond acceptors (Lipinski definition) is 1. The van der Waals surface area contributed by atoms with Gasteiger partial charge in [0.25, 0.3) is 0 Å². The Hall–Kier alpha value is -0.370. The van der Waals surface area contributed by atoms with Gasteiger partial charge in [0.1, 0.15) is 6.54 Å². The molecule has 0 aromatic rings. The average Bonchev–Trinajstić information content (AvgIpc) is 3.58. The molecule has 0 radical (unpaired) electrons. The van der Waals surface area contributed by atoms with Crippen LogP contribution in [0.1, 0.15) is 271 Å². The number of quaternary nitrogens is 1. The molecule has 1 heterocycles. The van der Waals surface area contributed by atoms with Crippen LogP contribution in [0.15, 0.2) is 4.99 Å². The third-order valence-corrected chi connectivity index (χ3v) is 11.9. The minimum Gasteiger partial charge on any atom is -0.280 e. The number of nitrogens with zero attached hydrogens (tertiary/aromatic N) is 2. The Bertz CT molecular complexity index is 598. The van der Waals surface area contributed by atoms with E-state index in [9.17, 15) is 0 Å². The monoisotopic (exact) mass is 688 g/mol. The summed E-state index contributed by atoms with van der Waals surface area (Å²) in [6.45, 7) is 9.66. The van der Waals surface area contributed by atoms with Crippen LogP contribution in [0.25, 0.3) is 0 Å². The maximum atomic E-state index is 4.69. The van der Waals surface area contributed by atoms with E-state index in [4.69, 9.17) is 4.99 Å². The van der Waals surface area contributed by atoms with Gasteiger partial charge in [-0.15, -0.1) is 0 Å². The Morgan fingerprint density at radius 1 is 0.306 bits per heavy atom. The van der Waals surface area contributed by atoms with Crippen LogP contribution in [0, 0.1) is 0 Å². The van der Waals surface area contributed by atoms with E-state index in [0.29, 0.717) is 0 Å². The smallest absolute Gasteiger partial charge is 0.185 e. The summed E-state index contributed by atoms with van der Waals surface area (Å²) in [7, 11) is 0. The molecule has 0 saturated heterocycles. The molecule has 0 spiro atoms. The van der Waals surface area contributed by atoms with Gasteiger partial charge in [0.15, 0.2) is 6.34 Å². The molecule has 1 aliphatic heterocycles. The molecule has 0 aromatic heterocycles. The van der Waals surface area contributed by atoms with E-state index in [0.717, 1.165) is 6.54 Å². The van der Waals surface area contributed by atoms with Crippen molar-refractivity contribution in [2.45, 2.75) is 271 Å². The Morgan fingerprint density at radius 3 is 0.694 bits per heavy atom. The van der Waals surface area contributed by atoms with Gasteiger partial charge in [0, 0.05) is 0 Å². The molecule has 1 rings (SSSR count). The van der Waals surface area contributed by atoms with Crippen LogP contribution < -0.4 is 0 Å². The molecule has 49 heavy (non-hydrogen) atoms. The van der Waals surface area contributed by atoms with Gasteiger partial charge in [-0.2, -0.15) is 0 Å². The minimum absolute atomic E-state index is 1.07. The van der Waals surface area contributed by atoms with Gasteiger partial charge in [-0.05, 0) is 25.7 Å². The fourth-order valence-corrected chi connectivity index (χ4v) is 8.36. The largest absolute Gasteiger partial charge is 0.280 e. The van der Waals surface area contributed by atoms with Crippen LogP contribution in [0.4, 0.5) is 0 Å². The van der Waals surface area contributed by atoms with Crippen molar-refractivity contribution in [2.24, 2.45) is 4.99 Å². The van der Waals surface area contributed by atoms with Crippen molar-refractivity contribution in [3.63, 3.8) is 0 Å². The van der Waals surface area contributed by atoms with Crippen molar-refractivity contribution in [3.8, 4) is 0 Å². The number of rotatable bonds is 42. The fourth-order valence-electron chi connectivity index (χ4n) is 8.36. The SMILES string of the molecule is CCCCCCCCCCCCCCCCCCCCCC[N+]1(CCCCCCCCCCCCCCCCCCCCCC)C=NCC1. The van der Waals surface area contributed by atoms with Crippen molar-refractivity contribution >= 4 is 6.34 Å². The maximum Gasteiger partial charge on any atom is 0.185 e. The Labute approximate surface area is 311 Å². The highest BCUT2D eigenvalue weighted by atomic mass is 15.4. The first-order chi connectivity index (χ1) is 24.3. The lowest BCUT2D eigenvalue weighted by Crippen LogP contribution is -2.46. The van der Waals surface area contributed by atoms with Crippen molar-refractivity contribution in [1.82, 2.24) is 0 Å². The zero-order valence-corrected chi connectivity index (χ0v) is 34.6. The average molecular weight is 688 g/mol. The molecule has 0 N–H and O–H groups in total. The van der Waals surface area contributed by atoms with Crippen molar-refractivity contribution in [1.29, 1.82) is 0 Å². The van der Waals surface area contributed by atoms with Gasteiger partial charge >= 0.3 is 0 Å². The molecule has 292 valence electrons. The molecule has 0 fully saturated rings. The van der Waals surface area contributed by atoms with E-state index in [2.05, 4.69) is 20.2 Å². The van der Waals surface area contributed by atoms with Crippen LogP contribution >= 0.6 is 0 Å². The standard InChI is InChI=1S/C47H95N2/c1-3-5-7-9-11-13-15-17-19-21-23-25-27-29-31-33-35-37-39-41-44-49(46-43-48-47-49)45-42-40-38-36-34-32-30-28-26-24-22-20-18-16-14-12-10-8-6-4-2/h47H,3-46H2,1-2H3/q+1. The number of aliphatic imine (C=N–C) groups is 1. The summed E-state index contributed by atoms with van der Waals surface area (Å²) in [6.07, 6.45) is 60.9. The van der Waals surface area contributed by atoms with Crippen LogP contribution in [0.5, 0.6) is 0 Å². The molecular formula is C47H95N2+. The first-order valence-corrected chi connectivity index (χ1v) is 23.7. The second-order valence-electron chi connectivity index (χ2n) is 16.8. The molecule has 0 aliphatic carbocycles. The molecular weight excluding hydrogens is 593 g/mol. The topological polar surface area (TPSA) is 12.4 Å². The molecule has 1 aliphatic rings. The summed E-state index contributed by atoms with van der Waals surface area (Å²) in [5, 5.41) is 0. The van der Waals surface area contributed by atoms with E-state index >= 15 is 0 Å². The fraction of sp³-hybridized carbons (Fsp3) is 0.979. The molecule has 0 aromatic carbocycles. The van der Waals surface area contributed by atoms with E-state index in [1.807, 2.05) is 0 Å². The second-order valence-corrected chi connectivity index (χ2v) is 16.8. The molecule has 0 atom stereocenters.